The first kappa shape index (κ1) is 16.4. The zero-order chi connectivity index (χ0) is 16.9. The van der Waals surface area contributed by atoms with Gasteiger partial charge in [-0.1, -0.05) is 30.3 Å². The lowest BCUT2D eigenvalue weighted by molar-refractivity contribution is -0.134. The molecule has 2 aromatic carbocycles. The SMILES string of the molecule is COC(=O)/C=C/c1ccc2c(c1)CCC2NCc1ccc(F)cc1. The van der Waals surface area contributed by atoms with Gasteiger partial charge in [-0.05, 0) is 53.3 Å². The van der Waals surface area contributed by atoms with Crippen LogP contribution in [0.2, 0.25) is 0 Å². The highest BCUT2D eigenvalue weighted by molar-refractivity contribution is 5.86. The van der Waals surface area contributed by atoms with Crippen LogP contribution in [0.1, 0.15) is 34.7 Å². The molecular weight excluding hydrogens is 305 g/mol. The summed E-state index contributed by atoms with van der Waals surface area (Å²) in [5.74, 6) is -0.563. The molecule has 0 spiro atoms. The molecule has 0 saturated carbocycles. The van der Waals surface area contributed by atoms with Crippen molar-refractivity contribution in [1.29, 1.82) is 0 Å². The van der Waals surface area contributed by atoms with Gasteiger partial charge in [0, 0.05) is 18.7 Å². The summed E-state index contributed by atoms with van der Waals surface area (Å²) in [5.41, 5.74) is 4.67. The molecule has 0 saturated heterocycles. The van der Waals surface area contributed by atoms with Crippen molar-refractivity contribution in [3.63, 3.8) is 0 Å². The van der Waals surface area contributed by atoms with Crippen molar-refractivity contribution in [2.24, 2.45) is 0 Å². The van der Waals surface area contributed by atoms with Gasteiger partial charge in [0.05, 0.1) is 7.11 Å². The monoisotopic (exact) mass is 325 g/mol. The second kappa shape index (κ2) is 7.41. The standard InChI is InChI=1S/C20H20FNO2/c1-24-20(23)11-5-14-4-9-18-16(12-14)6-10-19(18)22-13-15-2-7-17(21)8-3-15/h2-5,7-9,11-12,19,22H,6,10,13H2,1H3/b11-5+. The Morgan fingerprint density at radius 3 is 2.83 bits per heavy atom. The lowest BCUT2D eigenvalue weighted by Crippen LogP contribution is -2.18. The molecular formula is C20H20FNO2. The number of rotatable bonds is 5. The number of carbonyl (C=O) groups excluding carboxylic acids is 1. The Hall–Kier alpha value is -2.46. The van der Waals surface area contributed by atoms with Crippen molar-refractivity contribution in [2.75, 3.05) is 7.11 Å². The van der Waals surface area contributed by atoms with Gasteiger partial charge < -0.3 is 10.1 Å². The smallest absolute Gasteiger partial charge is 0.330 e. The highest BCUT2D eigenvalue weighted by Gasteiger charge is 2.21. The molecule has 0 aromatic heterocycles. The van der Waals surface area contributed by atoms with E-state index in [9.17, 15) is 9.18 Å². The van der Waals surface area contributed by atoms with Gasteiger partial charge in [0.1, 0.15) is 5.82 Å². The number of benzene rings is 2. The van der Waals surface area contributed by atoms with E-state index in [0.717, 1.165) is 24.0 Å². The van der Waals surface area contributed by atoms with Crippen LogP contribution in [0.25, 0.3) is 6.08 Å². The molecule has 0 fully saturated rings. The van der Waals surface area contributed by atoms with Crippen LogP contribution >= 0.6 is 0 Å². The van der Waals surface area contributed by atoms with Crippen LogP contribution in [0.5, 0.6) is 0 Å². The van der Waals surface area contributed by atoms with Crippen molar-refractivity contribution in [2.45, 2.75) is 25.4 Å². The molecule has 3 rings (SSSR count). The summed E-state index contributed by atoms with van der Waals surface area (Å²) in [6, 6.07) is 13.1. The van der Waals surface area contributed by atoms with Gasteiger partial charge in [-0.2, -0.15) is 0 Å². The molecule has 24 heavy (non-hydrogen) atoms. The van der Waals surface area contributed by atoms with Crippen LogP contribution in [0, 0.1) is 5.82 Å². The predicted molar refractivity (Wildman–Crippen MR) is 91.8 cm³/mol. The third-order valence-electron chi connectivity index (χ3n) is 4.32. The Morgan fingerprint density at radius 1 is 1.29 bits per heavy atom. The minimum Gasteiger partial charge on any atom is -0.466 e. The summed E-state index contributed by atoms with van der Waals surface area (Å²) in [4.78, 5) is 11.2. The molecule has 2 aromatic rings. The number of fused-ring (bicyclic) bond motifs is 1. The summed E-state index contributed by atoms with van der Waals surface area (Å²) < 4.78 is 17.5. The van der Waals surface area contributed by atoms with Crippen LogP contribution < -0.4 is 5.32 Å². The molecule has 3 nitrogen and oxygen atoms in total. The molecule has 1 atom stereocenters. The van der Waals surface area contributed by atoms with Crippen molar-refractivity contribution >= 4 is 12.0 Å². The minimum absolute atomic E-state index is 0.211. The lowest BCUT2D eigenvalue weighted by atomic mass is 10.0. The quantitative estimate of drug-likeness (QED) is 0.671. The van der Waals surface area contributed by atoms with E-state index in [1.54, 1.807) is 18.2 Å². The minimum atomic E-state index is -0.352. The van der Waals surface area contributed by atoms with E-state index in [1.807, 2.05) is 6.07 Å². The van der Waals surface area contributed by atoms with Crippen molar-refractivity contribution < 1.29 is 13.9 Å². The average molecular weight is 325 g/mol. The summed E-state index contributed by atoms with van der Waals surface area (Å²) >= 11 is 0. The number of halogens is 1. The van der Waals surface area contributed by atoms with Crippen LogP contribution in [0.15, 0.2) is 48.5 Å². The van der Waals surface area contributed by atoms with E-state index in [2.05, 4.69) is 22.2 Å². The molecule has 1 aliphatic rings. The number of methoxy groups -OCH3 is 1. The van der Waals surface area contributed by atoms with E-state index < -0.39 is 0 Å². The maximum atomic E-state index is 12.9. The number of aryl methyl sites for hydroxylation is 1. The highest BCUT2D eigenvalue weighted by Crippen LogP contribution is 2.32. The number of nitrogens with one attached hydrogen (secondary N) is 1. The third kappa shape index (κ3) is 3.89. The Kier molecular flexibility index (Phi) is 5.06. The zero-order valence-corrected chi connectivity index (χ0v) is 13.6. The Morgan fingerprint density at radius 2 is 2.08 bits per heavy atom. The lowest BCUT2D eigenvalue weighted by Gasteiger charge is -2.14. The number of esters is 1. The van der Waals surface area contributed by atoms with Gasteiger partial charge in [-0.15, -0.1) is 0 Å². The fourth-order valence-electron chi connectivity index (χ4n) is 3.03. The summed E-state index contributed by atoms with van der Waals surface area (Å²) in [5, 5.41) is 3.54. The van der Waals surface area contributed by atoms with Crippen molar-refractivity contribution in [1.82, 2.24) is 5.32 Å². The first-order valence-electron chi connectivity index (χ1n) is 8.02. The van der Waals surface area contributed by atoms with E-state index in [4.69, 9.17) is 0 Å². The van der Waals surface area contributed by atoms with Crippen molar-refractivity contribution in [3.8, 4) is 0 Å². The second-order valence-electron chi connectivity index (χ2n) is 5.91. The molecule has 0 radical (unpaired) electrons. The maximum absolute atomic E-state index is 12.9. The fourth-order valence-corrected chi connectivity index (χ4v) is 3.03. The normalized spacial score (nSPS) is 16.3. The van der Waals surface area contributed by atoms with Gasteiger partial charge in [-0.3, -0.25) is 0 Å². The fraction of sp³-hybridized carbons (Fsp3) is 0.250. The first-order chi connectivity index (χ1) is 11.7. The van der Waals surface area contributed by atoms with Crippen LogP contribution in [-0.4, -0.2) is 13.1 Å². The summed E-state index contributed by atoms with van der Waals surface area (Å²) in [6.45, 7) is 0.717. The summed E-state index contributed by atoms with van der Waals surface area (Å²) in [7, 11) is 1.37. The van der Waals surface area contributed by atoms with E-state index >= 15 is 0 Å². The molecule has 1 unspecified atom stereocenters. The predicted octanol–water partition coefficient (Wildman–Crippen LogP) is 3.79. The third-order valence-corrected chi connectivity index (χ3v) is 4.32. The Labute approximate surface area is 141 Å². The molecule has 0 heterocycles. The van der Waals surface area contributed by atoms with Crippen LogP contribution in [-0.2, 0) is 22.5 Å². The highest BCUT2D eigenvalue weighted by atomic mass is 19.1. The zero-order valence-electron chi connectivity index (χ0n) is 13.6. The molecule has 4 heteroatoms. The molecule has 0 bridgehead atoms. The first-order valence-corrected chi connectivity index (χ1v) is 8.02. The Bertz CT molecular complexity index is 753. The molecule has 0 aliphatic heterocycles. The second-order valence-corrected chi connectivity index (χ2v) is 5.91. The molecule has 1 N–H and O–H groups in total. The number of hydrogen-bond acceptors (Lipinski definition) is 3. The number of hydrogen-bond donors (Lipinski definition) is 1. The van der Waals surface area contributed by atoms with E-state index in [0.29, 0.717) is 12.6 Å². The largest absolute Gasteiger partial charge is 0.466 e. The van der Waals surface area contributed by atoms with Gasteiger partial charge in [0.25, 0.3) is 0 Å². The van der Waals surface area contributed by atoms with Gasteiger partial charge in [0.15, 0.2) is 0 Å². The maximum Gasteiger partial charge on any atom is 0.330 e. The summed E-state index contributed by atoms with van der Waals surface area (Å²) in [6.07, 6.45) is 5.25. The van der Waals surface area contributed by atoms with Gasteiger partial charge >= 0.3 is 5.97 Å². The van der Waals surface area contributed by atoms with E-state index in [-0.39, 0.29) is 11.8 Å². The molecule has 0 amide bonds. The average Bonchev–Trinajstić information content (AvgIpc) is 3.01. The number of carbonyl (C=O) groups is 1. The topological polar surface area (TPSA) is 38.3 Å². The van der Waals surface area contributed by atoms with E-state index in [1.165, 1.54) is 36.4 Å². The Balaban J connectivity index is 1.65. The van der Waals surface area contributed by atoms with Crippen LogP contribution in [0.4, 0.5) is 4.39 Å². The van der Waals surface area contributed by atoms with Gasteiger partial charge in [-0.25, -0.2) is 9.18 Å². The van der Waals surface area contributed by atoms with Crippen molar-refractivity contribution in [3.05, 3.63) is 76.6 Å². The van der Waals surface area contributed by atoms with Crippen LogP contribution in [0.3, 0.4) is 0 Å². The molecule has 124 valence electrons. The number of ether oxygens (including phenoxy) is 1. The van der Waals surface area contributed by atoms with Gasteiger partial charge in [0.2, 0.25) is 0 Å². The molecule has 1 aliphatic carbocycles.